The average Bonchev–Trinajstić information content (AvgIpc) is 3.43. The first kappa shape index (κ1) is 31.6. The Balaban J connectivity index is 0.00000462. The third-order valence-electron chi connectivity index (χ3n) is 5.96. The third kappa shape index (κ3) is 7.22. The van der Waals surface area contributed by atoms with Gasteiger partial charge in [-0.3, -0.25) is 4.79 Å². The predicted molar refractivity (Wildman–Crippen MR) is 143 cm³/mol. The summed E-state index contributed by atoms with van der Waals surface area (Å²) in [4.78, 5) is 37.9. The number of Topliss-reactive ketones (excluding diaryl/α,β-unsaturated/α-hetero) is 1. The van der Waals surface area contributed by atoms with Crippen LogP contribution in [0.5, 0.6) is 23.0 Å². The van der Waals surface area contributed by atoms with E-state index < -0.39 is 24.3 Å². The van der Waals surface area contributed by atoms with E-state index in [4.69, 9.17) is 24.1 Å². The zero-order valence-corrected chi connectivity index (χ0v) is 25.4. The molecule has 206 valence electrons. The number of aliphatic carboxylic acids is 2. The Morgan fingerprint density at radius 3 is 2.20 bits per heavy atom. The van der Waals surface area contributed by atoms with Gasteiger partial charge in [0.15, 0.2) is 23.9 Å². The van der Waals surface area contributed by atoms with Gasteiger partial charge in [-0.25, -0.2) is 4.79 Å². The molecule has 1 aromatic heterocycles. The molecule has 1 N–H and O–H groups in total. The predicted octanol–water partition coefficient (Wildman–Crippen LogP) is -0.186. The summed E-state index contributed by atoms with van der Waals surface area (Å²) in [6, 6.07) is 13.7. The molecule has 0 atom stereocenters. The van der Waals surface area contributed by atoms with Crippen molar-refractivity contribution < 1.29 is 73.1 Å². The maximum absolute atomic E-state index is 14.0. The Hall–Kier alpha value is -3.97. The number of carboxylic acid groups (broad SMARTS) is 2. The Bertz CT molecular complexity index is 1630. The number of hydrogen-bond donors (Lipinski definition) is 1. The molecule has 0 fully saturated rings. The van der Waals surface area contributed by atoms with Crippen LogP contribution in [0.4, 0.5) is 0 Å². The van der Waals surface area contributed by atoms with Gasteiger partial charge in [-0.1, -0.05) is 12.1 Å². The molecule has 0 unspecified atom stereocenters. The summed E-state index contributed by atoms with van der Waals surface area (Å²) < 4.78 is 29.6. The number of benzene rings is 3. The van der Waals surface area contributed by atoms with Crippen LogP contribution >= 0.6 is 11.7 Å². The molecule has 0 bridgehead atoms. The zero-order chi connectivity index (χ0) is 28.8. The van der Waals surface area contributed by atoms with Gasteiger partial charge in [-0.15, -0.1) is 0 Å². The number of carbonyl (C=O) groups is 3. The Labute approximate surface area is 260 Å². The topological polar surface area (TPSA) is 157 Å². The summed E-state index contributed by atoms with van der Waals surface area (Å²) in [5.74, 6) is -2.30. The molecule has 1 heterocycles. The van der Waals surface area contributed by atoms with E-state index in [1.807, 2.05) is 0 Å². The number of carbonyl (C=O) groups excluding carboxylic acids is 2. The quantitative estimate of drug-likeness (QED) is 0.133. The molecule has 0 amide bonds. The van der Waals surface area contributed by atoms with Gasteiger partial charge < -0.3 is 34.0 Å². The fourth-order valence-corrected chi connectivity index (χ4v) is 4.58. The van der Waals surface area contributed by atoms with Crippen LogP contribution in [-0.4, -0.2) is 59.5 Å². The first-order chi connectivity index (χ1) is 19.2. The maximum atomic E-state index is 14.0. The number of aromatic nitrogens is 2. The second-order valence-electron chi connectivity index (χ2n) is 8.34. The second-order valence-corrected chi connectivity index (χ2v) is 8.87. The van der Waals surface area contributed by atoms with Crippen molar-refractivity contribution in [2.24, 2.45) is 0 Å². The summed E-state index contributed by atoms with van der Waals surface area (Å²) in [6.07, 6.45) is -0.247. The van der Waals surface area contributed by atoms with Gasteiger partial charge in [0.2, 0.25) is 0 Å². The van der Waals surface area contributed by atoms with E-state index in [-0.39, 0.29) is 69.8 Å². The number of methoxy groups -OCH3 is 3. The summed E-state index contributed by atoms with van der Waals surface area (Å²) in [5.41, 5.74) is 1.18. The van der Waals surface area contributed by atoms with Crippen molar-refractivity contribution in [1.82, 2.24) is 8.75 Å². The van der Waals surface area contributed by atoms with Crippen molar-refractivity contribution in [3.63, 3.8) is 0 Å². The first-order valence-corrected chi connectivity index (χ1v) is 12.4. The molecule has 0 radical (unpaired) electrons. The van der Waals surface area contributed by atoms with Crippen LogP contribution in [0.15, 0.2) is 60.2 Å². The standard InChI is InChI=1S/C28H24N2O9S.Na/c1-36-18-7-4-15(23(13-18)39-14-25(31)32)10-19(27(33)17-6-9-22(37-2)24(12-17)38-3)26(28(34)35)16-5-8-20-21(11-16)30-40-29-20;/h4-9,11-13H,10,14H2,1-3H3,(H,31,32)(H,34,35);/q;+1/p-1. The van der Waals surface area contributed by atoms with Crippen LogP contribution in [-0.2, 0) is 16.0 Å². The minimum absolute atomic E-state index is 0. The molecule has 41 heavy (non-hydrogen) atoms. The number of allylic oxidation sites excluding steroid dienone is 1. The van der Waals surface area contributed by atoms with Crippen molar-refractivity contribution in [3.05, 3.63) is 76.9 Å². The van der Waals surface area contributed by atoms with E-state index in [1.54, 1.807) is 18.2 Å². The van der Waals surface area contributed by atoms with Crippen LogP contribution < -0.4 is 53.6 Å². The number of nitrogens with zero attached hydrogens (tertiary/aromatic N) is 2. The van der Waals surface area contributed by atoms with Gasteiger partial charge in [0.1, 0.15) is 22.5 Å². The van der Waals surface area contributed by atoms with E-state index in [2.05, 4.69) is 8.75 Å². The fraction of sp³-hybridized carbons (Fsp3) is 0.179. The van der Waals surface area contributed by atoms with Gasteiger partial charge >= 0.3 is 35.5 Å². The average molecular weight is 587 g/mol. The molecule has 3 aromatic carbocycles. The Kier molecular flexibility index (Phi) is 10.8. The number of hydrogen-bond acceptors (Lipinski definition) is 11. The largest absolute Gasteiger partial charge is 1.00 e. The number of rotatable bonds is 12. The normalized spacial score (nSPS) is 11.2. The molecule has 0 aliphatic carbocycles. The maximum Gasteiger partial charge on any atom is 1.00 e. The minimum atomic E-state index is -1.59. The zero-order valence-electron chi connectivity index (χ0n) is 22.6. The molecule has 11 nitrogen and oxygen atoms in total. The molecular weight excluding hydrogens is 563 g/mol. The van der Waals surface area contributed by atoms with Crippen LogP contribution in [0.3, 0.4) is 0 Å². The number of carboxylic acids is 2. The van der Waals surface area contributed by atoms with E-state index in [0.29, 0.717) is 28.1 Å². The SMILES string of the molecule is COc1ccc(CC(C(=O)c2ccc(OC)c(OC)c2)=C(C(=O)[O-])c2ccc3nsnc3c2)c(OCC(=O)O)c1.[Na+]. The minimum Gasteiger partial charge on any atom is -0.545 e. The molecule has 13 heteroatoms. The second kappa shape index (κ2) is 14.1. The molecule has 0 spiro atoms. The fourth-order valence-electron chi connectivity index (χ4n) is 4.06. The van der Waals surface area contributed by atoms with Crippen LogP contribution in [0.25, 0.3) is 16.6 Å². The first-order valence-electron chi connectivity index (χ1n) is 11.7. The van der Waals surface area contributed by atoms with Gasteiger partial charge in [0, 0.05) is 29.2 Å². The molecular formula is C28H23N2NaO9S. The molecule has 4 rings (SSSR count). The Morgan fingerprint density at radius 1 is 0.829 bits per heavy atom. The summed E-state index contributed by atoms with van der Waals surface area (Å²) in [7, 11) is 4.29. The van der Waals surface area contributed by atoms with E-state index in [0.717, 1.165) is 11.7 Å². The third-order valence-corrected chi connectivity index (χ3v) is 6.52. The number of fused-ring (bicyclic) bond motifs is 1. The molecule has 0 saturated heterocycles. The van der Waals surface area contributed by atoms with Gasteiger partial charge in [0.05, 0.1) is 39.0 Å². The van der Waals surface area contributed by atoms with Crippen LogP contribution in [0.2, 0.25) is 0 Å². The van der Waals surface area contributed by atoms with E-state index in [9.17, 15) is 19.5 Å². The molecule has 4 aromatic rings. The monoisotopic (exact) mass is 586 g/mol. The van der Waals surface area contributed by atoms with Gasteiger partial charge in [-0.05, 0) is 47.5 Å². The number of ether oxygens (including phenoxy) is 4. The summed E-state index contributed by atoms with van der Waals surface area (Å²) in [6.45, 7) is -0.663. The number of ketones is 1. The summed E-state index contributed by atoms with van der Waals surface area (Å²) in [5, 5.41) is 21.8. The molecule has 0 saturated carbocycles. The van der Waals surface area contributed by atoms with Gasteiger partial charge in [-0.2, -0.15) is 8.75 Å². The summed E-state index contributed by atoms with van der Waals surface area (Å²) >= 11 is 0.968. The van der Waals surface area contributed by atoms with E-state index in [1.165, 1.54) is 57.7 Å². The van der Waals surface area contributed by atoms with Crippen molar-refractivity contribution >= 4 is 46.1 Å². The molecule has 0 aliphatic heterocycles. The van der Waals surface area contributed by atoms with Crippen LogP contribution in [0, 0.1) is 0 Å². The smallest absolute Gasteiger partial charge is 0.545 e. The van der Waals surface area contributed by atoms with Crippen molar-refractivity contribution in [2.75, 3.05) is 27.9 Å². The van der Waals surface area contributed by atoms with Crippen molar-refractivity contribution in [1.29, 1.82) is 0 Å². The Morgan fingerprint density at radius 2 is 1.54 bits per heavy atom. The van der Waals surface area contributed by atoms with Gasteiger partial charge in [0.25, 0.3) is 0 Å². The van der Waals surface area contributed by atoms with Crippen LogP contribution in [0.1, 0.15) is 21.5 Å². The molecule has 0 aliphatic rings. The van der Waals surface area contributed by atoms with Crippen molar-refractivity contribution in [2.45, 2.75) is 6.42 Å². The van der Waals surface area contributed by atoms with Crippen molar-refractivity contribution in [3.8, 4) is 23.0 Å². The van der Waals surface area contributed by atoms with E-state index >= 15 is 0 Å².